The van der Waals surface area contributed by atoms with Crippen molar-refractivity contribution in [2.75, 3.05) is 19.7 Å². The molecule has 0 unspecified atom stereocenters. The Morgan fingerprint density at radius 2 is 1.95 bits per heavy atom. The maximum Gasteiger partial charge on any atom is 0.243 e. The van der Waals surface area contributed by atoms with Gasteiger partial charge in [0.15, 0.2) is 0 Å². The van der Waals surface area contributed by atoms with Gasteiger partial charge in [-0.3, -0.25) is 0 Å². The molecule has 7 heteroatoms. The molecule has 2 aliphatic heterocycles. The van der Waals surface area contributed by atoms with Crippen LogP contribution < -0.4 is 10.5 Å². The molecular formula is C13H19ClN2O3S. The minimum Gasteiger partial charge on any atom is -0.493 e. The van der Waals surface area contributed by atoms with Gasteiger partial charge in [0, 0.05) is 25.6 Å². The fourth-order valence-electron chi connectivity index (χ4n) is 2.59. The molecule has 0 aromatic heterocycles. The molecule has 20 heavy (non-hydrogen) atoms. The van der Waals surface area contributed by atoms with E-state index in [2.05, 4.69) is 0 Å². The van der Waals surface area contributed by atoms with E-state index in [1.165, 1.54) is 4.31 Å². The molecule has 112 valence electrons. The molecule has 1 fully saturated rings. The number of benzene rings is 1. The lowest BCUT2D eigenvalue weighted by molar-refractivity contribution is 0.320. The number of rotatable bonds is 2. The molecule has 0 atom stereocenters. The lowest BCUT2D eigenvalue weighted by atomic mass is 10.1. The molecule has 1 aromatic carbocycles. The van der Waals surface area contributed by atoms with Gasteiger partial charge in [0.1, 0.15) is 5.75 Å². The van der Waals surface area contributed by atoms with E-state index in [-0.39, 0.29) is 18.4 Å². The zero-order chi connectivity index (χ0) is 13.5. The molecule has 0 spiro atoms. The van der Waals surface area contributed by atoms with Crippen molar-refractivity contribution < 1.29 is 13.2 Å². The highest BCUT2D eigenvalue weighted by Crippen LogP contribution is 2.29. The smallest absolute Gasteiger partial charge is 0.243 e. The first kappa shape index (κ1) is 15.6. The van der Waals surface area contributed by atoms with Gasteiger partial charge >= 0.3 is 0 Å². The number of fused-ring (bicyclic) bond motifs is 1. The van der Waals surface area contributed by atoms with E-state index < -0.39 is 10.0 Å². The monoisotopic (exact) mass is 318 g/mol. The number of hydrogen-bond donors (Lipinski definition) is 1. The van der Waals surface area contributed by atoms with Gasteiger partial charge in [-0.2, -0.15) is 4.31 Å². The van der Waals surface area contributed by atoms with E-state index in [1.54, 1.807) is 18.2 Å². The number of nitrogens with two attached hydrogens (primary N) is 1. The lowest BCUT2D eigenvalue weighted by Crippen LogP contribution is -2.42. The highest BCUT2D eigenvalue weighted by Gasteiger charge is 2.29. The van der Waals surface area contributed by atoms with Crippen molar-refractivity contribution in [3.63, 3.8) is 0 Å². The van der Waals surface area contributed by atoms with Crippen LogP contribution in [0.15, 0.2) is 23.1 Å². The van der Waals surface area contributed by atoms with Crippen LogP contribution in [0.3, 0.4) is 0 Å². The van der Waals surface area contributed by atoms with E-state index >= 15 is 0 Å². The van der Waals surface area contributed by atoms with Crippen LogP contribution in [-0.4, -0.2) is 38.5 Å². The zero-order valence-corrected chi connectivity index (χ0v) is 12.8. The molecule has 2 N–H and O–H groups in total. The van der Waals surface area contributed by atoms with E-state index in [4.69, 9.17) is 10.5 Å². The van der Waals surface area contributed by atoms with Crippen LogP contribution in [0.5, 0.6) is 5.75 Å². The Hall–Kier alpha value is -0.820. The number of nitrogens with zero attached hydrogens (tertiary/aromatic N) is 1. The first-order valence-electron chi connectivity index (χ1n) is 6.59. The first-order valence-corrected chi connectivity index (χ1v) is 8.03. The highest BCUT2D eigenvalue weighted by molar-refractivity contribution is 7.89. The summed E-state index contributed by atoms with van der Waals surface area (Å²) in [7, 11) is -3.38. The van der Waals surface area contributed by atoms with Gasteiger partial charge in [0.05, 0.1) is 11.5 Å². The Balaban J connectivity index is 0.00000147. The number of halogens is 1. The SMILES string of the molecule is Cl.NC1CCN(S(=O)(=O)c2ccc3c(c2)CCO3)CC1. The predicted molar refractivity (Wildman–Crippen MR) is 78.9 cm³/mol. The molecule has 1 aromatic rings. The van der Waals surface area contributed by atoms with E-state index in [0.717, 1.165) is 30.6 Å². The summed E-state index contributed by atoms with van der Waals surface area (Å²) in [5.74, 6) is 0.805. The molecule has 1 saturated heterocycles. The van der Waals surface area contributed by atoms with Gasteiger partial charge in [-0.25, -0.2) is 8.42 Å². The molecule has 2 aliphatic rings. The largest absolute Gasteiger partial charge is 0.493 e. The fourth-order valence-corrected chi connectivity index (χ4v) is 4.11. The third-order valence-electron chi connectivity index (χ3n) is 3.80. The van der Waals surface area contributed by atoms with E-state index in [1.807, 2.05) is 0 Å². The quantitative estimate of drug-likeness (QED) is 0.888. The molecule has 0 bridgehead atoms. The summed E-state index contributed by atoms with van der Waals surface area (Å²) in [4.78, 5) is 0.368. The van der Waals surface area contributed by atoms with Crippen LogP contribution in [0.4, 0.5) is 0 Å². The number of ether oxygens (including phenoxy) is 1. The van der Waals surface area contributed by atoms with Crippen molar-refractivity contribution in [2.45, 2.75) is 30.2 Å². The second kappa shape index (κ2) is 5.89. The van der Waals surface area contributed by atoms with Crippen LogP contribution in [0.1, 0.15) is 18.4 Å². The van der Waals surface area contributed by atoms with E-state index in [9.17, 15) is 8.42 Å². The highest BCUT2D eigenvalue weighted by atomic mass is 35.5. The lowest BCUT2D eigenvalue weighted by Gasteiger charge is -2.29. The minimum atomic E-state index is -3.38. The normalized spacial score (nSPS) is 20.1. The third-order valence-corrected chi connectivity index (χ3v) is 5.69. The standard InChI is InChI=1S/C13H18N2O3S.ClH/c14-11-3-6-15(7-4-11)19(16,17)12-1-2-13-10(9-12)5-8-18-13;/h1-2,9,11H,3-8,14H2;1H. The van der Waals surface area contributed by atoms with Crippen molar-refractivity contribution in [3.8, 4) is 5.75 Å². The van der Waals surface area contributed by atoms with Crippen LogP contribution in [0.25, 0.3) is 0 Å². The molecule has 3 rings (SSSR count). The average molecular weight is 319 g/mol. The summed E-state index contributed by atoms with van der Waals surface area (Å²) in [6, 6.07) is 5.25. The van der Waals surface area contributed by atoms with Gasteiger partial charge in [0.2, 0.25) is 10.0 Å². The molecular weight excluding hydrogens is 300 g/mol. The van der Waals surface area contributed by atoms with Crippen LogP contribution in [0, 0.1) is 0 Å². The fraction of sp³-hybridized carbons (Fsp3) is 0.538. The van der Waals surface area contributed by atoms with Crippen LogP contribution >= 0.6 is 12.4 Å². The van der Waals surface area contributed by atoms with Crippen molar-refractivity contribution >= 4 is 22.4 Å². The predicted octanol–water partition coefficient (Wildman–Crippen LogP) is 1.16. The molecule has 5 nitrogen and oxygen atoms in total. The second-order valence-corrected chi connectivity index (χ2v) is 7.05. The summed E-state index contributed by atoms with van der Waals surface area (Å²) >= 11 is 0. The summed E-state index contributed by atoms with van der Waals surface area (Å²) < 4.78 is 32.0. The number of sulfonamides is 1. The molecule has 0 aliphatic carbocycles. The van der Waals surface area contributed by atoms with Crippen molar-refractivity contribution in [1.82, 2.24) is 4.31 Å². The van der Waals surface area contributed by atoms with Crippen LogP contribution in [-0.2, 0) is 16.4 Å². The zero-order valence-electron chi connectivity index (χ0n) is 11.1. The number of hydrogen-bond acceptors (Lipinski definition) is 4. The van der Waals surface area contributed by atoms with Gasteiger partial charge in [-0.15, -0.1) is 12.4 Å². The van der Waals surface area contributed by atoms with Gasteiger partial charge in [0.25, 0.3) is 0 Å². The van der Waals surface area contributed by atoms with Crippen LogP contribution in [0.2, 0.25) is 0 Å². The van der Waals surface area contributed by atoms with Gasteiger partial charge in [-0.1, -0.05) is 0 Å². The summed E-state index contributed by atoms with van der Waals surface area (Å²) in [5, 5.41) is 0. The summed E-state index contributed by atoms with van der Waals surface area (Å²) in [6.45, 7) is 1.66. The summed E-state index contributed by atoms with van der Waals surface area (Å²) in [6.07, 6.45) is 2.24. The number of piperidine rings is 1. The third kappa shape index (κ3) is 2.79. The average Bonchev–Trinajstić information content (AvgIpc) is 2.86. The molecule has 0 saturated carbocycles. The Kier molecular flexibility index (Phi) is 4.59. The molecule has 2 heterocycles. The minimum absolute atomic E-state index is 0. The Morgan fingerprint density at radius 1 is 1.25 bits per heavy atom. The molecule has 0 amide bonds. The summed E-state index contributed by atoms with van der Waals surface area (Å²) in [5.41, 5.74) is 6.80. The van der Waals surface area contributed by atoms with Crippen molar-refractivity contribution in [3.05, 3.63) is 23.8 Å². The maximum absolute atomic E-state index is 12.5. The van der Waals surface area contributed by atoms with E-state index in [0.29, 0.717) is 24.6 Å². The Labute approximate surface area is 125 Å². The Morgan fingerprint density at radius 3 is 2.65 bits per heavy atom. The Bertz CT molecular complexity index is 583. The molecule has 0 radical (unpaired) electrons. The topological polar surface area (TPSA) is 72.6 Å². The first-order chi connectivity index (χ1) is 9.07. The van der Waals surface area contributed by atoms with Crippen molar-refractivity contribution in [1.29, 1.82) is 0 Å². The van der Waals surface area contributed by atoms with Gasteiger partial charge in [-0.05, 0) is 36.6 Å². The van der Waals surface area contributed by atoms with Gasteiger partial charge < -0.3 is 10.5 Å². The second-order valence-electron chi connectivity index (χ2n) is 5.11. The maximum atomic E-state index is 12.5. The van der Waals surface area contributed by atoms with Crippen molar-refractivity contribution in [2.24, 2.45) is 5.73 Å².